The first-order valence-corrected chi connectivity index (χ1v) is 6.80. The molecule has 1 aromatic rings. The maximum Gasteiger partial charge on any atom is 0.428 e. The van der Waals surface area contributed by atoms with Crippen molar-refractivity contribution in [1.29, 1.82) is 0 Å². The van der Waals surface area contributed by atoms with Crippen LogP contribution in [0.2, 0.25) is 0 Å². The minimum atomic E-state index is -4.48. The molecule has 0 heterocycles. The van der Waals surface area contributed by atoms with E-state index in [2.05, 4.69) is 9.13 Å². The van der Waals surface area contributed by atoms with Crippen LogP contribution in [-0.2, 0) is 14.8 Å². The molecular weight excluding hydrogens is 327 g/mol. The van der Waals surface area contributed by atoms with E-state index in [-0.39, 0.29) is 0 Å². The lowest BCUT2D eigenvalue weighted by Gasteiger charge is -2.19. The molecule has 0 spiro atoms. The van der Waals surface area contributed by atoms with Crippen molar-refractivity contribution in [3.8, 4) is 5.75 Å². The summed E-state index contributed by atoms with van der Waals surface area (Å²) in [5, 5.41) is 0. The lowest BCUT2D eigenvalue weighted by molar-refractivity contribution is -0.165. The molecule has 104 valence electrons. The maximum atomic E-state index is 13.2. The molecule has 5 nitrogen and oxygen atoms in total. The van der Waals surface area contributed by atoms with Crippen LogP contribution < -0.4 is 4.74 Å². The van der Waals surface area contributed by atoms with Gasteiger partial charge < -0.3 is 4.74 Å². The Labute approximate surface area is 116 Å². The van der Waals surface area contributed by atoms with Crippen LogP contribution >= 0.6 is 23.2 Å². The van der Waals surface area contributed by atoms with E-state index in [1.807, 2.05) is 0 Å². The van der Waals surface area contributed by atoms with Gasteiger partial charge in [0.2, 0.25) is 4.84 Å². The van der Waals surface area contributed by atoms with Crippen molar-refractivity contribution < 1.29 is 26.7 Å². The van der Waals surface area contributed by atoms with Crippen LogP contribution in [0.1, 0.15) is 0 Å². The third kappa shape index (κ3) is 3.87. The predicted molar refractivity (Wildman–Crippen MR) is 62.8 cm³/mol. The van der Waals surface area contributed by atoms with Gasteiger partial charge in [0.25, 0.3) is 16.1 Å². The second-order valence-electron chi connectivity index (χ2n) is 3.07. The Morgan fingerprint density at radius 3 is 2.42 bits per heavy atom. The highest BCUT2D eigenvalue weighted by molar-refractivity contribution is 7.90. The number of nitrogens with zero attached hydrogens (tertiary/aromatic N) is 1. The van der Waals surface area contributed by atoms with Crippen LogP contribution in [0.5, 0.6) is 5.75 Å². The Balaban J connectivity index is 3.29. The topological polar surface area (TPSA) is 72.8 Å². The number of sulfonamides is 1. The van der Waals surface area contributed by atoms with Crippen molar-refractivity contribution in [2.45, 2.75) is 15.8 Å². The van der Waals surface area contributed by atoms with Gasteiger partial charge >= 0.3 is 6.11 Å². The second kappa shape index (κ2) is 5.83. The third-order valence-electron chi connectivity index (χ3n) is 1.78. The number of alkyl halides is 4. The first-order chi connectivity index (χ1) is 8.70. The number of benzene rings is 1. The van der Waals surface area contributed by atoms with Crippen LogP contribution in [0.25, 0.3) is 0 Å². The predicted octanol–water partition coefficient (Wildman–Crippen LogP) is 2.49. The van der Waals surface area contributed by atoms with Gasteiger partial charge in [-0.25, -0.2) is 4.79 Å². The SMILES string of the molecule is O=C=NS(=O)(=O)c1ccccc1OC(F)(F)C(Cl)Cl. The Bertz CT molecular complexity index is 614. The largest absolute Gasteiger partial charge is 0.429 e. The number of carbonyl (C=O) groups excluding carboxylic acids is 1. The fourth-order valence-electron chi connectivity index (χ4n) is 1.04. The zero-order valence-electron chi connectivity index (χ0n) is 8.89. The molecule has 0 aromatic heterocycles. The summed E-state index contributed by atoms with van der Waals surface area (Å²) in [7, 11) is -4.48. The summed E-state index contributed by atoms with van der Waals surface area (Å²) in [5.41, 5.74) is 0. The first-order valence-electron chi connectivity index (χ1n) is 4.49. The minimum absolute atomic E-state index is 0.730. The smallest absolute Gasteiger partial charge is 0.428 e. The molecule has 0 aliphatic carbocycles. The molecular formula is C9H5Cl2F2NO4S. The molecule has 0 aliphatic heterocycles. The first kappa shape index (κ1) is 15.8. The average Bonchev–Trinajstić information content (AvgIpc) is 2.28. The van der Waals surface area contributed by atoms with Gasteiger partial charge in [-0.05, 0) is 12.1 Å². The molecule has 1 rings (SSSR count). The molecule has 0 N–H and O–H groups in total. The van der Waals surface area contributed by atoms with Crippen molar-refractivity contribution in [2.75, 3.05) is 0 Å². The van der Waals surface area contributed by atoms with Gasteiger partial charge in [-0.2, -0.15) is 17.2 Å². The van der Waals surface area contributed by atoms with Gasteiger partial charge in [0.1, 0.15) is 10.6 Å². The van der Waals surface area contributed by atoms with E-state index in [4.69, 9.17) is 23.2 Å². The number of para-hydroxylation sites is 1. The van der Waals surface area contributed by atoms with Gasteiger partial charge in [-0.15, -0.1) is 0 Å². The molecule has 0 atom stereocenters. The lowest BCUT2D eigenvalue weighted by atomic mass is 10.3. The van der Waals surface area contributed by atoms with Crippen molar-refractivity contribution in [3.63, 3.8) is 0 Å². The minimum Gasteiger partial charge on any atom is -0.429 e. The molecule has 10 heteroatoms. The van der Waals surface area contributed by atoms with E-state index in [0.717, 1.165) is 18.2 Å². The monoisotopic (exact) mass is 331 g/mol. The number of isocyanates is 1. The molecule has 0 amide bonds. The van der Waals surface area contributed by atoms with Crippen molar-refractivity contribution in [2.24, 2.45) is 4.40 Å². The Morgan fingerprint density at radius 2 is 1.89 bits per heavy atom. The summed E-state index contributed by atoms with van der Waals surface area (Å²) in [4.78, 5) is 7.06. The number of halogens is 4. The molecule has 0 radical (unpaired) electrons. The maximum absolute atomic E-state index is 13.2. The molecule has 0 fully saturated rings. The molecule has 19 heavy (non-hydrogen) atoms. The quantitative estimate of drug-likeness (QED) is 0.472. The Hall–Kier alpha value is -1.21. The lowest BCUT2D eigenvalue weighted by Crippen LogP contribution is -2.32. The van der Waals surface area contributed by atoms with Gasteiger partial charge in [-0.1, -0.05) is 39.7 Å². The summed E-state index contributed by atoms with van der Waals surface area (Å²) in [5.74, 6) is -0.738. The molecule has 0 bridgehead atoms. The highest BCUT2D eigenvalue weighted by Crippen LogP contribution is 2.34. The van der Waals surface area contributed by atoms with Gasteiger partial charge in [0.05, 0.1) is 0 Å². The fraction of sp³-hybridized carbons (Fsp3) is 0.222. The van der Waals surface area contributed by atoms with Gasteiger partial charge in [0, 0.05) is 0 Å². The van der Waals surface area contributed by atoms with Crippen molar-refractivity contribution in [1.82, 2.24) is 0 Å². The molecule has 0 saturated carbocycles. The summed E-state index contributed by atoms with van der Waals surface area (Å²) < 4.78 is 56.1. The highest BCUT2D eigenvalue weighted by atomic mass is 35.5. The second-order valence-corrected chi connectivity index (χ2v) is 5.74. The summed E-state index contributed by atoms with van der Waals surface area (Å²) >= 11 is 10.0. The number of ether oxygens (including phenoxy) is 1. The summed E-state index contributed by atoms with van der Waals surface area (Å²) in [6.07, 6.45) is -3.20. The van der Waals surface area contributed by atoms with Gasteiger partial charge in [0.15, 0.2) is 0 Å². The van der Waals surface area contributed by atoms with Crippen LogP contribution in [0, 0.1) is 0 Å². The Kier molecular flexibility index (Phi) is 4.86. The number of hydrogen-bond acceptors (Lipinski definition) is 4. The van der Waals surface area contributed by atoms with Crippen molar-refractivity contribution >= 4 is 39.3 Å². The van der Waals surface area contributed by atoms with E-state index >= 15 is 0 Å². The highest BCUT2D eigenvalue weighted by Gasteiger charge is 2.41. The van der Waals surface area contributed by atoms with E-state index in [0.29, 0.717) is 0 Å². The Morgan fingerprint density at radius 1 is 1.32 bits per heavy atom. The third-order valence-corrected chi connectivity index (χ3v) is 3.50. The summed E-state index contributed by atoms with van der Waals surface area (Å²) in [6, 6.07) is 4.35. The molecule has 0 saturated heterocycles. The zero-order valence-corrected chi connectivity index (χ0v) is 11.2. The molecule has 1 aromatic carbocycles. The van der Waals surface area contributed by atoms with Crippen LogP contribution in [0.15, 0.2) is 33.6 Å². The molecule has 0 aliphatic rings. The van der Waals surface area contributed by atoms with Crippen LogP contribution in [-0.4, -0.2) is 25.4 Å². The number of hydrogen-bond donors (Lipinski definition) is 0. The van der Waals surface area contributed by atoms with Gasteiger partial charge in [-0.3, -0.25) is 0 Å². The fourth-order valence-corrected chi connectivity index (χ4v) is 1.94. The average molecular weight is 332 g/mol. The number of rotatable bonds is 5. The van der Waals surface area contributed by atoms with Crippen molar-refractivity contribution in [3.05, 3.63) is 24.3 Å². The van der Waals surface area contributed by atoms with E-state index < -0.39 is 31.6 Å². The zero-order chi connectivity index (χ0) is 14.7. The van der Waals surface area contributed by atoms with E-state index in [1.54, 1.807) is 0 Å². The summed E-state index contributed by atoms with van der Waals surface area (Å²) in [6.45, 7) is 0. The van der Waals surface area contributed by atoms with E-state index in [1.165, 1.54) is 12.1 Å². The van der Waals surface area contributed by atoms with Crippen LogP contribution in [0.3, 0.4) is 0 Å². The van der Waals surface area contributed by atoms with Crippen LogP contribution in [0.4, 0.5) is 8.78 Å². The van der Waals surface area contributed by atoms with E-state index in [9.17, 15) is 22.0 Å². The normalized spacial score (nSPS) is 12.1. The standard InChI is InChI=1S/C9H5Cl2F2NO4S/c10-8(11)9(12,13)18-6-3-1-2-4-7(6)19(16,17)14-5-15/h1-4,8H. The molecule has 0 unspecified atom stereocenters.